The van der Waals surface area contributed by atoms with Gasteiger partial charge in [-0.05, 0) is 36.5 Å². The molecule has 0 spiro atoms. The molecule has 3 nitrogen and oxygen atoms in total. The van der Waals surface area contributed by atoms with Gasteiger partial charge in [-0.3, -0.25) is 4.79 Å². The summed E-state index contributed by atoms with van der Waals surface area (Å²) in [5, 5.41) is 3.17. The van der Waals surface area contributed by atoms with Gasteiger partial charge in [0.1, 0.15) is 0 Å². The zero-order valence-electron chi connectivity index (χ0n) is 11.7. The topological polar surface area (TPSA) is 55.1 Å². The predicted octanol–water partition coefficient (Wildman–Crippen LogP) is 2.84. The summed E-state index contributed by atoms with van der Waals surface area (Å²) in [6.45, 7) is 2.75. The molecule has 1 aromatic rings. The van der Waals surface area contributed by atoms with E-state index < -0.39 is 0 Å². The van der Waals surface area contributed by atoms with E-state index in [-0.39, 0.29) is 5.91 Å². The number of amides is 1. The minimum Gasteiger partial charge on any atom is -0.349 e. The smallest absolute Gasteiger partial charge is 0.251 e. The third-order valence-corrected chi connectivity index (χ3v) is 4.15. The Hall–Kier alpha value is -1.35. The van der Waals surface area contributed by atoms with E-state index in [1.165, 1.54) is 19.3 Å². The molecule has 0 bridgehead atoms. The van der Waals surface area contributed by atoms with Gasteiger partial charge in [0, 0.05) is 18.2 Å². The number of carbonyl (C=O) groups is 1. The van der Waals surface area contributed by atoms with Crippen molar-refractivity contribution in [3.05, 3.63) is 35.4 Å². The number of benzene rings is 1. The van der Waals surface area contributed by atoms with Crippen LogP contribution in [0, 0.1) is 5.92 Å². The second-order valence-corrected chi connectivity index (χ2v) is 5.51. The van der Waals surface area contributed by atoms with Crippen LogP contribution >= 0.6 is 0 Å². The lowest BCUT2D eigenvalue weighted by atomic mass is 9.84. The van der Waals surface area contributed by atoms with Gasteiger partial charge in [-0.2, -0.15) is 0 Å². The first-order chi connectivity index (χ1) is 9.22. The Morgan fingerprint density at radius 3 is 2.68 bits per heavy atom. The van der Waals surface area contributed by atoms with Crippen LogP contribution in [0.15, 0.2) is 24.3 Å². The van der Waals surface area contributed by atoms with E-state index in [4.69, 9.17) is 5.73 Å². The highest BCUT2D eigenvalue weighted by Crippen LogP contribution is 2.26. The van der Waals surface area contributed by atoms with Crippen LogP contribution in [0.3, 0.4) is 0 Å². The minimum absolute atomic E-state index is 0.0466. The molecule has 0 heterocycles. The van der Waals surface area contributed by atoms with Crippen molar-refractivity contribution in [2.75, 3.05) is 0 Å². The van der Waals surface area contributed by atoms with Gasteiger partial charge in [0.05, 0.1) is 0 Å². The van der Waals surface area contributed by atoms with Gasteiger partial charge in [-0.1, -0.05) is 38.3 Å². The molecule has 104 valence electrons. The molecule has 0 aliphatic heterocycles. The van der Waals surface area contributed by atoms with E-state index in [9.17, 15) is 4.79 Å². The van der Waals surface area contributed by atoms with Gasteiger partial charge in [0.15, 0.2) is 0 Å². The molecule has 2 unspecified atom stereocenters. The van der Waals surface area contributed by atoms with Crippen molar-refractivity contribution in [1.82, 2.24) is 5.32 Å². The molecule has 1 fully saturated rings. The fourth-order valence-electron chi connectivity index (χ4n) is 2.85. The molecule has 0 saturated heterocycles. The maximum absolute atomic E-state index is 12.2. The van der Waals surface area contributed by atoms with E-state index >= 15 is 0 Å². The summed E-state index contributed by atoms with van der Waals surface area (Å²) < 4.78 is 0. The van der Waals surface area contributed by atoms with Gasteiger partial charge in [-0.25, -0.2) is 0 Å². The fourth-order valence-corrected chi connectivity index (χ4v) is 2.85. The molecule has 3 heteroatoms. The zero-order chi connectivity index (χ0) is 13.7. The van der Waals surface area contributed by atoms with Crippen LogP contribution in [0.1, 0.15) is 54.9 Å². The van der Waals surface area contributed by atoms with E-state index in [0.29, 0.717) is 12.6 Å². The molecule has 1 saturated carbocycles. The number of rotatable bonds is 4. The van der Waals surface area contributed by atoms with Gasteiger partial charge in [0.2, 0.25) is 0 Å². The Balaban J connectivity index is 1.92. The third-order valence-electron chi connectivity index (χ3n) is 4.15. The molecule has 2 atom stereocenters. The second kappa shape index (κ2) is 6.71. The average molecular weight is 260 g/mol. The van der Waals surface area contributed by atoms with Crippen molar-refractivity contribution in [2.45, 2.75) is 51.6 Å². The van der Waals surface area contributed by atoms with Crippen LogP contribution in [0.2, 0.25) is 0 Å². The molecular formula is C16H24N2O. The minimum atomic E-state index is 0.0466. The maximum atomic E-state index is 12.2. The van der Waals surface area contributed by atoms with Crippen LogP contribution in [0.4, 0.5) is 0 Å². The molecule has 1 amide bonds. The summed E-state index contributed by atoms with van der Waals surface area (Å²) in [6.07, 6.45) is 6.01. The van der Waals surface area contributed by atoms with Crippen LogP contribution in [0.5, 0.6) is 0 Å². The largest absolute Gasteiger partial charge is 0.349 e. The van der Waals surface area contributed by atoms with E-state index in [0.717, 1.165) is 29.9 Å². The maximum Gasteiger partial charge on any atom is 0.251 e. The summed E-state index contributed by atoms with van der Waals surface area (Å²) >= 11 is 0. The fraction of sp³-hybridized carbons (Fsp3) is 0.562. The number of carbonyl (C=O) groups excluding carboxylic acids is 1. The molecule has 0 radical (unpaired) electrons. The van der Waals surface area contributed by atoms with E-state index in [1.54, 1.807) is 0 Å². The van der Waals surface area contributed by atoms with Crippen LogP contribution in [-0.4, -0.2) is 11.9 Å². The first kappa shape index (κ1) is 14.1. The van der Waals surface area contributed by atoms with E-state index in [1.807, 2.05) is 24.3 Å². The number of nitrogens with one attached hydrogen (secondary N) is 1. The SMILES string of the molecule is CCC1CCCC(NC(=O)c2ccc(CN)cc2)C1. The van der Waals surface area contributed by atoms with Crippen molar-refractivity contribution in [1.29, 1.82) is 0 Å². The summed E-state index contributed by atoms with van der Waals surface area (Å²) in [4.78, 5) is 12.2. The second-order valence-electron chi connectivity index (χ2n) is 5.51. The molecule has 19 heavy (non-hydrogen) atoms. The van der Waals surface area contributed by atoms with Gasteiger partial charge in [-0.15, -0.1) is 0 Å². The first-order valence-corrected chi connectivity index (χ1v) is 7.32. The molecular weight excluding hydrogens is 236 g/mol. The quantitative estimate of drug-likeness (QED) is 0.874. The molecule has 1 aliphatic rings. The molecule has 3 N–H and O–H groups in total. The van der Waals surface area contributed by atoms with Crippen molar-refractivity contribution in [3.63, 3.8) is 0 Å². The summed E-state index contributed by atoms with van der Waals surface area (Å²) in [7, 11) is 0. The standard InChI is InChI=1S/C16H24N2O/c1-2-12-4-3-5-15(10-12)18-16(19)14-8-6-13(11-17)7-9-14/h6-9,12,15H,2-5,10-11,17H2,1H3,(H,18,19). The Morgan fingerprint density at radius 1 is 1.32 bits per heavy atom. The van der Waals surface area contributed by atoms with Gasteiger partial charge >= 0.3 is 0 Å². The Kier molecular flexibility index (Phi) is 4.97. The summed E-state index contributed by atoms with van der Waals surface area (Å²) in [5.41, 5.74) is 7.34. The van der Waals surface area contributed by atoms with Crippen molar-refractivity contribution in [3.8, 4) is 0 Å². The van der Waals surface area contributed by atoms with Crippen LogP contribution < -0.4 is 11.1 Å². The number of nitrogens with two attached hydrogens (primary N) is 1. The highest BCUT2D eigenvalue weighted by atomic mass is 16.1. The molecule has 0 aromatic heterocycles. The molecule has 1 aliphatic carbocycles. The van der Waals surface area contributed by atoms with E-state index in [2.05, 4.69) is 12.2 Å². The first-order valence-electron chi connectivity index (χ1n) is 7.32. The Morgan fingerprint density at radius 2 is 2.05 bits per heavy atom. The molecule has 1 aromatic carbocycles. The summed E-state index contributed by atoms with van der Waals surface area (Å²) in [5.74, 6) is 0.823. The summed E-state index contributed by atoms with van der Waals surface area (Å²) in [6, 6.07) is 7.91. The Bertz CT molecular complexity index is 413. The molecule has 2 rings (SSSR count). The third kappa shape index (κ3) is 3.80. The lowest BCUT2D eigenvalue weighted by Gasteiger charge is -2.29. The zero-order valence-corrected chi connectivity index (χ0v) is 11.7. The highest BCUT2D eigenvalue weighted by molar-refractivity contribution is 5.94. The van der Waals surface area contributed by atoms with Crippen LogP contribution in [-0.2, 0) is 6.54 Å². The number of hydrogen-bond donors (Lipinski definition) is 2. The average Bonchev–Trinajstić information content (AvgIpc) is 2.47. The predicted molar refractivity (Wildman–Crippen MR) is 77.8 cm³/mol. The lowest BCUT2D eigenvalue weighted by Crippen LogP contribution is -2.38. The lowest BCUT2D eigenvalue weighted by molar-refractivity contribution is 0.0919. The van der Waals surface area contributed by atoms with Crippen molar-refractivity contribution in [2.24, 2.45) is 11.7 Å². The highest BCUT2D eigenvalue weighted by Gasteiger charge is 2.22. The van der Waals surface area contributed by atoms with Crippen LogP contribution in [0.25, 0.3) is 0 Å². The number of hydrogen-bond acceptors (Lipinski definition) is 2. The van der Waals surface area contributed by atoms with Crippen molar-refractivity contribution >= 4 is 5.91 Å². The normalized spacial score (nSPS) is 23.1. The monoisotopic (exact) mass is 260 g/mol. The Labute approximate surface area is 115 Å². The van der Waals surface area contributed by atoms with Gasteiger partial charge in [0.25, 0.3) is 5.91 Å². The van der Waals surface area contributed by atoms with Gasteiger partial charge < -0.3 is 11.1 Å². The van der Waals surface area contributed by atoms with Crippen molar-refractivity contribution < 1.29 is 4.79 Å².